The zero-order valence-electron chi connectivity index (χ0n) is 14.6. The maximum absolute atomic E-state index is 12.7. The number of fused-ring (bicyclic) bond motifs is 2. The molecular weight excluding hydrogens is 320 g/mol. The molecule has 134 valence electrons. The van der Waals surface area contributed by atoms with Crippen LogP contribution in [-0.4, -0.2) is 48.0 Å². The third kappa shape index (κ3) is 3.30. The minimum Gasteiger partial charge on any atom is -0.454 e. The van der Waals surface area contributed by atoms with Crippen LogP contribution >= 0.6 is 0 Å². The molecule has 2 amide bonds. The number of likely N-dealkylation sites (tertiary alicyclic amines) is 2. The van der Waals surface area contributed by atoms with E-state index in [1.54, 1.807) is 6.92 Å². The van der Waals surface area contributed by atoms with E-state index < -0.39 is 0 Å². The Kier molecular flexibility index (Phi) is 4.27. The first-order valence-electron chi connectivity index (χ1n) is 9.02. The van der Waals surface area contributed by atoms with Crippen LogP contribution in [0.4, 0.5) is 0 Å². The summed E-state index contributed by atoms with van der Waals surface area (Å²) in [5.74, 6) is 2.73. The number of hydrogen-bond donors (Lipinski definition) is 0. The Hall–Kier alpha value is -2.24. The van der Waals surface area contributed by atoms with Crippen LogP contribution < -0.4 is 9.47 Å². The Balaban J connectivity index is 1.43. The average Bonchev–Trinajstić information content (AvgIpc) is 3.00. The number of rotatable bonds is 2. The van der Waals surface area contributed by atoms with Gasteiger partial charge in [0.25, 0.3) is 0 Å². The van der Waals surface area contributed by atoms with Gasteiger partial charge in [0, 0.05) is 39.5 Å². The summed E-state index contributed by atoms with van der Waals surface area (Å²) in [7, 11) is 0. The summed E-state index contributed by atoms with van der Waals surface area (Å²) in [5.41, 5.74) is 1.06. The smallest absolute Gasteiger partial charge is 0.231 e. The van der Waals surface area contributed by atoms with E-state index in [4.69, 9.17) is 9.47 Å². The van der Waals surface area contributed by atoms with Crippen LogP contribution in [0.15, 0.2) is 18.2 Å². The first-order valence-corrected chi connectivity index (χ1v) is 9.02. The Morgan fingerprint density at radius 1 is 1.16 bits per heavy atom. The van der Waals surface area contributed by atoms with Gasteiger partial charge in [0.1, 0.15) is 0 Å². The van der Waals surface area contributed by atoms with Crippen molar-refractivity contribution in [3.05, 3.63) is 23.8 Å². The van der Waals surface area contributed by atoms with Gasteiger partial charge in [-0.25, -0.2) is 0 Å². The van der Waals surface area contributed by atoms with E-state index in [0.29, 0.717) is 24.8 Å². The number of benzene rings is 1. The molecule has 0 spiro atoms. The Bertz CT molecular complexity index is 690. The third-order valence-electron chi connectivity index (χ3n) is 5.71. The van der Waals surface area contributed by atoms with Gasteiger partial charge < -0.3 is 19.3 Å². The zero-order chi connectivity index (χ0) is 17.4. The van der Waals surface area contributed by atoms with Crippen LogP contribution in [0.25, 0.3) is 0 Å². The van der Waals surface area contributed by atoms with Gasteiger partial charge >= 0.3 is 0 Å². The van der Waals surface area contributed by atoms with Crippen molar-refractivity contribution < 1.29 is 19.1 Å². The lowest BCUT2D eigenvalue weighted by atomic mass is 9.82. The van der Waals surface area contributed by atoms with Gasteiger partial charge in [0.15, 0.2) is 11.5 Å². The van der Waals surface area contributed by atoms with Gasteiger partial charge in [0.2, 0.25) is 18.6 Å². The zero-order valence-corrected chi connectivity index (χ0v) is 14.6. The maximum Gasteiger partial charge on any atom is 0.231 e. The van der Waals surface area contributed by atoms with Crippen molar-refractivity contribution in [3.8, 4) is 11.5 Å². The molecule has 4 rings (SSSR count). The Morgan fingerprint density at radius 2 is 1.96 bits per heavy atom. The predicted octanol–water partition coefficient (Wildman–Crippen LogP) is 2.02. The minimum absolute atomic E-state index is 0.145. The highest BCUT2D eigenvalue weighted by Gasteiger charge is 2.35. The van der Waals surface area contributed by atoms with Crippen LogP contribution in [0.1, 0.15) is 31.7 Å². The molecule has 2 fully saturated rings. The summed E-state index contributed by atoms with van der Waals surface area (Å²) < 4.78 is 10.8. The number of amides is 2. The van der Waals surface area contributed by atoms with E-state index in [-0.39, 0.29) is 18.6 Å². The van der Waals surface area contributed by atoms with Crippen molar-refractivity contribution in [2.45, 2.75) is 32.7 Å². The van der Waals surface area contributed by atoms with Crippen molar-refractivity contribution in [1.29, 1.82) is 0 Å². The quantitative estimate of drug-likeness (QED) is 0.824. The molecule has 0 N–H and O–H groups in total. The topological polar surface area (TPSA) is 59.1 Å². The highest BCUT2D eigenvalue weighted by molar-refractivity contribution is 5.77. The first kappa shape index (κ1) is 16.2. The second kappa shape index (κ2) is 6.58. The van der Waals surface area contributed by atoms with Crippen LogP contribution in [0.2, 0.25) is 0 Å². The largest absolute Gasteiger partial charge is 0.454 e. The van der Waals surface area contributed by atoms with Crippen LogP contribution in [0.3, 0.4) is 0 Å². The molecule has 0 radical (unpaired) electrons. The summed E-state index contributed by atoms with van der Waals surface area (Å²) in [6, 6.07) is 5.87. The first-order chi connectivity index (χ1) is 12.1. The molecule has 3 aliphatic heterocycles. The number of ether oxygens (including phenoxy) is 2. The predicted molar refractivity (Wildman–Crippen MR) is 91.1 cm³/mol. The molecular formula is C19H24N2O4. The van der Waals surface area contributed by atoms with Crippen molar-refractivity contribution in [3.63, 3.8) is 0 Å². The summed E-state index contributed by atoms with van der Waals surface area (Å²) in [6.07, 6.45) is 2.50. The number of carbonyl (C=O) groups excluding carboxylic acids is 2. The molecule has 2 saturated heterocycles. The van der Waals surface area contributed by atoms with Gasteiger partial charge in [-0.15, -0.1) is 0 Å². The minimum atomic E-state index is 0.145. The molecule has 6 heteroatoms. The fourth-order valence-electron chi connectivity index (χ4n) is 4.19. The lowest BCUT2D eigenvalue weighted by Crippen LogP contribution is -2.42. The van der Waals surface area contributed by atoms with Gasteiger partial charge in [0.05, 0.1) is 0 Å². The number of carbonyl (C=O) groups is 2. The van der Waals surface area contributed by atoms with E-state index in [1.165, 1.54) is 0 Å². The molecule has 0 aliphatic carbocycles. The van der Waals surface area contributed by atoms with E-state index in [0.717, 1.165) is 49.5 Å². The summed E-state index contributed by atoms with van der Waals surface area (Å²) >= 11 is 0. The molecule has 3 aliphatic rings. The molecule has 25 heavy (non-hydrogen) atoms. The maximum atomic E-state index is 12.7. The van der Waals surface area contributed by atoms with Crippen molar-refractivity contribution >= 4 is 11.8 Å². The molecule has 2 atom stereocenters. The molecule has 0 bridgehead atoms. The average molecular weight is 344 g/mol. The lowest BCUT2D eigenvalue weighted by Gasteiger charge is -2.36. The summed E-state index contributed by atoms with van der Waals surface area (Å²) in [5, 5.41) is 0. The van der Waals surface area contributed by atoms with Crippen LogP contribution in [-0.2, 0) is 16.1 Å². The molecule has 3 heterocycles. The molecule has 1 aromatic carbocycles. The van der Waals surface area contributed by atoms with Crippen molar-refractivity contribution in [2.24, 2.45) is 11.8 Å². The second-order valence-electron chi connectivity index (χ2n) is 7.27. The monoisotopic (exact) mass is 344 g/mol. The molecule has 1 aromatic rings. The standard InChI is InChI=1S/C19H24N2O4/c1-13(22)20-6-4-15-9-19(23)21(7-5-16(15)11-20)10-14-2-3-17-18(8-14)25-12-24-17/h2-3,8,15-16H,4-7,9-12H2,1H3/t15-,16-/m0/s1. The Morgan fingerprint density at radius 3 is 2.80 bits per heavy atom. The van der Waals surface area contributed by atoms with E-state index >= 15 is 0 Å². The number of nitrogens with zero attached hydrogens (tertiary/aromatic N) is 2. The Labute approximate surface area is 147 Å². The van der Waals surface area contributed by atoms with Gasteiger partial charge in [-0.05, 0) is 42.4 Å². The van der Waals surface area contributed by atoms with Crippen LogP contribution in [0, 0.1) is 11.8 Å². The third-order valence-corrected chi connectivity index (χ3v) is 5.71. The van der Waals surface area contributed by atoms with Gasteiger partial charge in [-0.1, -0.05) is 6.07 Å². The van der Waals surface area contributed by atoms with Crippen molar-refractivity contribution in [2.75, 3.05) is 26.4 Å². The van der Waals surface area contributed by atoms with Crippen LogP contribution in [0.5, 0.6) is 11.5 Å². The normalized spacial score (nSPS) is 25.6. The fraction of sp³-hybridized carbons (Fsp3) is 0.579. The molecule has 0 saturated carbocycles. The highest BCUT2D eigenvalue weighted by Crippen LogP contribution is 2.35. The fourth-order valence-corrected chi connectivity index (χ4v) is 4.19. The van der Waals surface area contributed by atoms with E-state index in [9.17, 15) is 9.59 Å². The van der Waals surface area contributed by atoms with E-state index in [2.05, 4.69) is 0 Å². The van der Waals surface area contributed by atoms with Gasteiger partial charge in [-0.3, -0.25) is 9.59 Å². The molecule has 0 aromatic heterocycles. The second-order valence-corrected chi connectivity index (χ2v) is 7.27. The lowest BCUT2D eigenvalue weighted by molar-refractivity contribution is -0.132. The van der Waals surface area contributed by atoms with Crippen molar-refractivity contribution in [1.82, 2.24) is 9.80 Å². The number of hydrogen-bond acceptors (Lipinski definition) is 4. The molecule has 0 unspecified atom stereocenters. The number of piperidine rings is 1. The van der Waals surface area contributed by atoms with E-state index in [1.807, 2.05) is 28.0 Å². The summed E-state index contributed by atoms with van der Waals surface area (Å²) in [4.78, 5) is 28.2. The SMILES string of the molecule is CC(=O)N1CC[C@H]2CC(=O)N(Cc3ccc4c(c3)OCO4)CC[C@H]2C1. The highest BCUT2D eigenvalue weighted by atomic mass is 16.7. The summed E-state index contributed by atoms with van der Waals surface area (Å²) in [6.45, 7) is 4.83. The van der Waals surface area contributed by atoms with Gasteiger partial charge in [-0.2, -0.15) is 0 Å². The molecule has 6 nitrogen and oxygen atoms in total.